The molecule has 0 saturated heterocycles. The van der Waals surface area contributed by atoms with Crippen LogP contribution >= 0.6 is 0 Å². The van der Waals surface area contributed by atoms with Crippen molar-refractivity contribution in [2.45, 2.75) is 20.0 Å². The van der Waals surface area contributed by atoms with Crippen LogP contribution in [0.15, 0.2) is 30.6 Å². The maximum Gasteiger partial charge on any atom is 0.339 e. The number of aromatic carboxylic acids is 1. The highest BCUT2D eigenvalue weighted by Gasteiger charge is 2.23. The highest BCUT2D eigenvalue weighted by Crippen LogP contribution is 2.35. The molecule has 6 heteroatoms. The largest absolute Gasteiger partial charge is 0.489 e. The van der Waals surface area contributed by atoms with E-state index in [2.05, 4.69) is 10.00 Å². The zero-order valence-corrected chi connectivity index (χ0v) is 11.8. The number of aryl methyl sites for hydroxylation is 1. The molecule has 1 N–H and O–H groups in total. The number of ether oxygens (including phenoxy) is 1. The fourth-order valence-electron chi connectivity index (χ4n) is 2.52. The Labute approximate surface area is 122 Å². The van der Waals surface area contributed by atoms with Gasteiger partial charge in [-0.2, -0.15) is 5.10 Å². The molecule has 0 radical (unpaired) electrons. The van der Waals surface area contributed by atoms with Crippen LogP contribution in [-0.4, -0.2) is 34.0 Å². The van der Waals surface area contributed by atoms with Crippen molar-refractivity contribution >= 4 is 11.7 Å². The average Bonchev–Trinajstić information content (AvgIpc) is 2.94. The monoisotopic (exact) mass is 287 g/mol. The maximum absolute atomic E-state index is 11.3. The number of hydrogen-bond acceptors (Lipinski definition) is 4. The van der Waals surface area contributed by atoms with E-state index in [-0.39, 0.29) is 5.56 Å². The molecule has 1 aliphatic rings. The fourth-order valence-corrected chi connectivity index (χ4v) is 2.52. The van der Waals surface area contributed by atoms with E-state index in [1.54, 1.807) is 12.1 Å². The van der Waals surface area contributed by atoms with E-state index in [9.17, 15) is 9.90 Å². The highest BCUT2D eigenvalue weighted by atomic mass is 16.5. The van der Waals surface area contributed by atoms with Crippen molar-refractivity contribution in [3.63, 3.8) is 0 Å². The van der Waals surface area contributed by atoms with Gasteiger partial charge in [-0.3, -0.25) is 4.68 Å². The lowest BCUT2D eigenvalue weighted by Gasteiger charge is -2.31. The van der Waals surface area contributed by atoms with Gasteiger partial charge >= 0.3 is 5.97 Å². The summed E-state index contributed by atoms with van der Waals surface area (Å²) in [5.74, 6) is -0.508. The van der Waals surface area contributed by atoms with Crippen molar-refractivity contribution in [3.05, 3.63) is 41.7 Å². The van der Waals surface area contributed by atoms with E-state index in [4.69, 9.17) is 4.74 Å². The van der Waals surface area contributed by atoms with E-state index in [1.165, 1.54) is 0 Å². The first-order valence-corrected chi connectivity index (χ1v) is 6.94. The molecular formula is C15H17N3O3. The Balaban J connectivity index is 1.90. The summed E-state index contributed by atoms with van der Waals surface area (Å²) in [6, 6.07) is 5.21. The Morgan fingerprint density at radius 1 is 1.48 bits per heavy atom. The van der Waals surface area contributed by atoms with Crippen molar-refractivity contribution in [2.24, 2.45) is 0 Å². The molecule has 2 aromatic rings. The minimum atomic E-state index is -0.965. The number of carboxylic acids is 1. The number of carboxylic acid groups (broad SMARTS) is 1. The molecule has 3 rings (SSSR count). The normalized spacial score (nSPS) is 13.7. The summed E-state index contributed by atoms with van der Waals surface area (Å²) in [5.41, 5.74) is 2.14. The molecule has 1 aliphatic heterocycles. The smallest absolute Gasteiger partial charge is 0.339 e. The minimum Gasteiger partial charge on any atom is -0.489 e. The van der Waals surface area contributed by atoms with Gasteiger partial charge in [-0.15, -0.1) is 0 Å². The molecule has 0 unspecified atom stereocenters. The summed E-state index contributed by atoms with van der Waals surface area (Å²) in [7, 11) is 0. The second-order valence-corrected chi connectivity index (χ2v) is 4.93. The predicted octanol–water partition coefficient (Wildman–Crippen LogP) is 2.00. The maximum atomic E-state index is 11.3. The first-order valence-electron chi connectivity index (χ1n) is 6.94. The topological polar surface area (TPSA) is 67.6 Å². The van der Waals surface area contributed by atoms with Crippen LogP contribution in [0.5, 0.6) is 5.75 Å². The van der Waals surface area contributed by atoms with E-state index in [0.29, 0.717) is 18.9 Å². The molecule has 0 spiro atoms. The standard InChI is InChI=1S/C15H17N3O3/c1-2-18-10-11(8-16-18)9-17-6-7-21-14-12(15(19)20)4-3-5-13(14)17/h3-5,8,10H,2,6-7,9H2,1H3,(H,19,20). The zero-order chi connectivity index (χ0) is 14.8. The quantitative estimate of drug-likeness (QED) is 0.931. The zero-order valence-electron chi connectivity index (χ0n) is 11.8. The number of rotatable bonds is 4. The number of aromatic nitrogens is 2. The van der Waals surface area contributed by atoms with Crippen molar-refractivity contribution in [3.8, 4) is 5.75 Å². The van der Waals surface area contributed by atoms with Crippen LogP contribution in [0.3, 0.4) is 0 Å². The van der Waals surface area contributed by atoms with Crippen LogP contribution in [0.2, 0.25) is 0 Å². The Bertz CT molecular complexity index is 666. The third kappa shape index (κ3) is 2.56. The van der Waals surface area contributed by atoms with Crippen LogP contribution in [-0.2, 0) is 13.1 Å². The first-order chi connectivity index (χ1) is 10.2. The van der Waals surface area contributed by atoms with Crippen molar-refractivity contribution < 1.29 is 14.6 Å². The lowest BCUT2D eigenvalue weighted by atomic mass is 10.1. The highest BCUT2D eigenvalue weighted by molar-refractivity contribution is 5.93. The van der Waals surface area contributed by atoms with Gasteiger partial charge < -0.3 is 14.7 Å². The van der Waals surface area contributed by atoms with Crippen molar-refractivity contribution in [1.82, 2.24) is 9.78 Å². The summed E-state index contributed by atoms with van der Waals surface area (Å²) in [6.07, 6.45) is 3.86. The minimum absolute atomic E-state index is 0.210. The molecule has 1 aromatic carbocycles. The molecular weight excluding hydrogens is 270 g/mol. The van der Waals surface area contributed by atoms with Gasteiger partial charge in [-0.1, -0.05) is 6.07 Å². The van der Waals surface area contributed by atoms with Gasteiger partial charge in [-0.25, -0.2) is 4.79 Å². The third-order valence-electron chi connectivity index (χ3n) is 3.56. The number of hydrogen-bond donors (Lipinski definition) is 1. The summed E-state index contributed by atoms with van der Waals surface area (Å²) >= 11 is 0. The van der Waals surface area contributed by atoms with Crippen LogP contribution in [0, 0.1) is 0 Å². The van der Waals surface area contributed by atoms with E-state index < -0.39 is 5.97 Å². The van der Waals surface area contributed by atoms with Crippen molar-refractivity contribution in [2.75, 3.05) is 18.1 Å². The van der Waals surface area contributed by atoms with Gasteiger partial charge in [0.1, 0.15) is 12.2 Å². The molecule has 0 bridgehead atoms. The number of nitrogens with zero attached hydrogens (tertiary/aromatic N) is 3. The number of para-hydroxylation sites is 1. The molecule has 0 atom stereocenters. The van der Waals surface area contributed by atoms with E-state index >= 15 is 0 Å². The lowest BCUT2D eigenvalue weighted by molar-refractivity contribution is 0.0692. The molecule has 110 valence electrons. The van der Waals surface area contributed by atoms with Gasteiger partial charge in [0.05, 0.1) is 18.4 Å². The van der Waals surface area contributed by atoms with E-state index in [1.807, 2.05) is 30.1 Å². The average molecular weight is 287 g/mol. The Hall–Kier alpha value is -2.50. The Morgan fingerprint density at radius 2 is 2.33 bits per heavy atom. The molecule has 0 amide bonds. The molecule has 1 aromatic heterocycles. The number of fused-ring (bicyclic) bond motifs is 1. The van der Waals surface area contributed by atoms with Gasteiger partial charge in [0.15, 0.2) is 5.75 Å². The predicted molar refractivity (Wildman–Crippen MR) is 77.8 cm³/mol. The molecule has 2 heterocycles. The van der Waals surface area contributed by atoms with Gasteiger partial charge in [0, 0.05) is 24.8 Å². The fraction of sp³-hybridized carbons (Fsp3) is 0.333. The summed E-state index contributed by atoms with van der Waals surface area (Å²) in [4.78, 5) is 13.4. The lowest BCUT2D eigenvalue weighted by Crippen LogP contribution is -2.32. The SMILES string of the molecule is CCn1cc(CN2CCOc3c(C(=O)O)cccc32)cn1. The third-order valence-corrected chi connectivity index (χ3v) is 3.56. The molecule has 21 heavy (non-hydrogen) atoms. The summed E-state index contributed by atoms with van der Waals surface area (Å²) in [5, 5.41) is 13.5. The first kappa shape index (κ1) is 13.5. The van der Waals surface area contributed by atoms with Crippen LogP contribution in [0.4, 0.5) is 5.69 Å². The van der Waals surface area contributed by atoms with Crippen LogP contribution < -0.4 is 9.64 Å². The van der Waals surface area contributed by atoms with Crippen molar-refractivity contribution in [1.29, 1.82) is 0 Å². The Kier molecular flexibility index (Phi) is 3.51. The Morgan fingerprint density at radius 3 is 3.05 bits per heavy atom. The van der Waals surface area contributed by atoms with Gasteiger partial charge in [0.25, 0.3) is 0 Å². The summed E-state index contributed by atoms with van der Waals surface area (Å²) in [6.45, 7) is 4.79. The van der Waals surface area contributed by atoms with Crippen LogP contribution in [0.25, 0.3) is 0 Å². The second-order valence-electron chi connectivity index (χ2n) is 4.93. The molecule has 0 saturated carbocycles. The molecule has 0 fully saturated rings. The van der Waals surface area contributed by atoms with E-state index in [0.717, 1.165) is 24.3 Å². The van der Waals surface area contributed by atoms with Crippen LogP contribution in [0.1, 0.15) is 22.8 Å². The number of anilines is 1. The van der Waals surface area contributed by atoms with Gasteiger partial charge in [-0.05, 0) is 19.1 Å². The number of carbonyl (C=O) groups is 1. The number of benzene rings is 1. The molecule has 0 aliphatic carbocycles. The van der Waals surface area contributed by atoms with Gasteiger partial charge in [0.2, 0.25) is 0 Å². The second kappa shape index (κ2) is 5.47. The molecule has 6 nitrogen and oxygen atoms in total. The summed E-state index contributed by atoms with van der Waals surface area (Å²) < 4.78 is 7.45.